The van der Waals surface area contributed by atoms with E-state index >= 15 is 0 Å². The summed E-state index contributed by atoms with van der Waals surface area (Å²) in [5.41, 5.74) is 1.34. The summed E-state index contributed by atoms with van der Waals surface area (Å²) in [7, 11) is 0. The van der Waals surface area contributed by atoms with E-state index in [1.807, 2.05) is 18.2 Å². The molecular weight excluding hydrogens is 374 g/mol. The fraction of sp³-hybridized carbons (Fsp3) is 0.158. The van der Waals surface area contributed by atoms with Crippen LogP contribution >= 0.6 is 0 Å². The van der Waals surface area contributed by atoms with Crippen LogP contribution in [0.1, 0.15) is 18.4 Å². The molecule has 1 atom stereocenters. The van der Waals surface area contributed by atoms with Gasteiger partial charge in [-0.2, -0.15) is 0 Å². The van der Waals surface area contributed by atoms with Crippen LogP contribution in [-0.4, -0.2) is 42.0 Å². The van der Waals surface area contributed by atoms with Crippen molar-refractivity contribution in [3.63, 3.8) is 0 Å². The number of urea groups is 1. The molecule has 1 aliphatic rings. The first-order valence-corrected chi connectivity index (χ1v) is 8.87. The van der Waals surface area contributed by atoms with Crippen molar-refractivity contribution >= 4 is 23.0 Å². The Morgan fingerprint density at radius 3 is 2.79 bits per heavy atom. The zero-order chi connectivity index (χ0) is 20.0. The number of carbonyl (C=O) groups excluding carboxylic acids is 2. The molecule has 0 saturated carbocycles. The Hall–Kier alpha value is -4.08. The van der Waals surface area contributed by atoms with Crippen molar-refractivity contribution in [3.8, 4) is 5.69 Å². The zero-order valence-electron chi connectivity index (χ0n) is 15.3. The lowest BCUT2D eigenvalue weighted by atomic mass is 9.91. The van der Waals surface area contributed by atoms with E-state index in [0.29, 0.717) is 28.2 Å². The summed E-state index contributed by atoms with van der Waals surface area (Å²) in [4.78, 5) is 31.2. The van der Waals surface area contributed by atoms with Gasteiger partial charge in [0.05, 0.1) is 5.69 Å². The normalized spacial score (nSPS) is 19.1. The maximum atomic E-state index is 13.2. The summed E-state index contributed by atoms with van der Waals surface area (Å²) >= 11 is 0. The van der Waals surface area contributed by atoms with Crippen molar-refractivity contribution in [2.24, 2.45) is 0 Å². The first kappa shape index (κ1) is 17.0. The molecule has 5 rings (SSSR count). The molecule has 4 aromatic rings. The van der Waals surface area contributed by atoms with E-state index in [1.165, 1.54) is 11.0 Å². The van der Waals surface area contributed by atoms with E-state index in [9.17, 15) is 9.59 Å². The molecule has 1 saturated heterocycles. The smallest absolute Gasteiger partial charge is 0.325 e. The lowest BCUT2D eigenvalue weighted by Gasteiger charge is -2.22. The molecule has 1 N–H and O–H groups in total. The number of fused-ring (bicyclic) bond motifs is 1. The third-order valence-corrected chi connectivity index (χ3v) is 4.94. The van der Waals surface area contributed by atoms with Crippen LogP contribution in [0.25, 0.3) is 16.8 Å². The number of nitrogens with one attached hydrogen (secondary N) is 1. The predicted octanol–water partition coefficient (Wildman–Crippen LogP) is 1.77. The fourth-order valence-electron chi connectivity index (χ4n) is 3.40. The summed E-state index contributed by atoms with van der Waals surface area (Å²) < 4.78 is 7.13. The highest BCUT2D eigenvalue weighted by molar-refractivity contribution is 6.07. The lowest BCUT2D eigenvalue weighted by molar-refractivity contribution is -0.131. The molecule has 144 valence electrons. The number of rotatable bonds is 4. The highest BCUT2D eigenvalue weighted by Crippen LogP contribution is 2.31. The highest BCUT2D eigenvalue weighted by atomic mass is 16.3. The first-order chi connectivity index (χ1) is 14.0. The van der Waals surface area contributed by atoms with Gasteiger partial charge in [0.1, 0.15) is 23.9 Å². The van der Waals surface area contributed by atoms with Crippen LogP contribution in [0, 0.1) is 0 Å². The standard InChI is InChI=1S/C19H15N7O3/c1-19(12-5-4-6-13(9-12)26-11-20-23-24-26)17(27)25(18(28)22-19)10-16-21-14-7-2-3-8-15(14)29-16/h2-9,11H,10H2,1H3,(H,22,28). The van der Waals surface area contributed by atoms with Crippen LogP contribution < -0.4 is 5.32 Å². The molecule has 10 nitrogen and oxygen atoms in total. The molecule has 0 aliphatic carbocycles. The molecule has 0 bridgehead atoms. The Kier molecular flexibility index (Phi) is 3.66. The van der Waals surface area contributed by atoms with E-state index in [-0.39, 0.29) is 6.54 Å². The van der Waals surface area contributed by atoms with Crippen LogP contribution in [0.4, 0.5) is 4.79 Å². The van der Waals surface area contributed by atoms with Gasteiger partial charge in [-0.25, -0.2) is 14.5 Å². The van der Waals surface area contributed by atoms with Gasteiger partial charge in [0.25, 0.3) is 5.91 Å². The Bertz CT molecular complexity index is 1200. The molecule has 29 heavy (non-hydrogen) atoms. The van der Waals surface area contributed by atoms with Crippen LogP contribution in [0.15, 0.2) is 59.3 Å². The van der Waals surface area contributed by atoms with Gasteiger partial charge >= 0.3 is 6.03 Å². The summed E-state index contributed by atoms with van der Waals surface area (Å²) in [6.07, 6.45) is 1.45. The maximum Gasteiger partial charge on any atom is 0.325 e. The van der Waals surface area contributed by atoms with Crippen LogP contribution in [0.5, 0.6) is 0 Å². The van der Waals surface area contributed by atoms with Crippen molar-refractivity contribution in [1.82, 2.24) is 35.4 Å². The van der Waals surface area contributed by atoms with E-state index in [0.717, 1.165) is 4.90 Å². The van der Waals surface area contributed by atoms with Gasteiger partial charge in [0, 0.05) is 0 Å². The predicted molar refractivity (Wildman–Crippen MR) is 99.6 cm³/mol. The molecule has 3 heterocycles. The summed E-state index contributed by atoms with van der Waals surface area (Å²) in [5.74, 6) is -0.0972. The van der Waals surface area contributed by atoms with Gasteiger partial charge in [0.15, 0.2) is 5.58 Å². The van der Waals surface area contributed by atoms with E-state index in [2.05, 4.69) is 25.8 Å². The summed E-state index contributed by atoms with van der Waals surface area (Å²) in [6, 6.07) is 13.9. The number of carbonyl (C=O) groups is 2. The summed E-state index contributed by atoms with van der Waals surface area (Å²) in [5, 5.41) is 13.9. The molecule has 2 aromatic heterocycles. The largest absolute Gasteiger partial charge is 0.439 e. The number of aromatic nitrogens is 5. The number of hydrogen-bond donors (Lipinski definition) is 1. The second kappa shape index (κ2) is 6.23. The highest BCUT2D eigenvalue weighted by Gasteiger charge is 2.49. The van der Waals surface area contributed by atoms with Gasteiger partial charge in [-0.15, -0.1) is 5.10 Å². The average Bonchev–Trinajstić information content (AvgIpc) is 3.44. The molecule has 2 aromatic carbocycles. The Balaban J connectivity index is 1.45. The number of oxazole rings is 1. The average molecular weight is 389 g/mol. The molecule has 1 aliphatic heterocycles. The number of tetrazole rings is 1. The second-order valence-electron chi connectivity index (χ2n) is 6.83. The topological polar surface area (TPSA) is 119 Å². The lowest BCUT2D eigenvalue weighted by Crippen LogP contribution is -2.40. The number of imide groups is 1. The third kappa shape index (κ3) is 2.73. The molecule has 0 radical (unpaired) electrons. The van der Waals surface area contributed by atoms with Crippen LogP contribution in [0.2, 0.25) is 0 Å². The van der Waals surface area contributed by atoms with Crippen molar-refractivity contribution in [3.05, 3.63) is 66.3 Å². The number of hydrogen-bond acceptors (Lipinski definition) is 7. The van der Waals surface area contributed by atoms with Crippen LogP contribution in [0.3, 0.4) is 0 Å². The monoisotopic (exact) mass is 389 g/mol. The van der Waals surface area contributed by atoms with Crippen molar-refractivity contribution < 1.29 is 14.0 Å². The molecule has 0 spiro atoms. The Morgan fingerprint density at radius 1 is 1.14 bits per heavy atom. The molecule has 3 amide bonds. The fourth-order valence-corrected chi connectivity index (χ4v) is 3.40. The van der Waals surface area contributed by atoms with Crippen LogP contribution in [-0.2, 0) is 16.9 Å². The SMILES string of the molecule is CC1(c2cccc(-n3cnnn3)c2)NC(=O)N(Cc2nc3ccccc3o2)C1=O. The summed E-state index contributed by atoms with van der Waals surface area (Å²) in [6.45, 7) is 1.61. The molecule has 1 unspecified atom stereocenters. The van der Waals surface area contributed by atoms with Gasteiger partial charge in [0.2, 0.25) is 5.89 Å². The van der Waals surface area contributed by atoms with E-state index < -0.39 is 17.5 Å². The molecule has 10 heteroatoms. The van der Waals surface area contributed by atoms with Crippen molar-refractivity contribution in [2.45, 2.75) is 19.0 Å². The number of para-hydroxylation sites is 2. The minimum atomic E-state index is -1.23. The number of amides is 3. The third-order valence-electron chi connectivity index (χ3n) is 4.94. The Labute approximate surface area is 164 Å². The van der Waals surface area contributed by atoms with E-state index in [1.54, 1.807) is 37.3 Å². The zero-order valence-corrected chi connectivity index (χ0v) is 15.3. The maximum absolute atomic E-state index is 13.2. The van der Waals surface area contributed by atoms with Gasteiger partial charge < -0.3 is 9.73 Å². The second-order valence-corrected chi connectivity index (χ2v) is 6.83. The van der Waals surface area contributed by atoms with Gasteiger partial charge in [-0.3, -0.25) is 9.69 Å². The number of benzene rings is 2. The van der Waals surface area contributed by atoms with Gasteiger partial charge in [-0.05, 0) is 47.2 Å². The van der Waals surface area contributed by atoms with Gasteiger partial charge in [-0.1, -0.05) is 24.3 Å². The first-order valence-electron chi connectivity index (χ1n) is 8.87. The quantitative estimate of drug-likeness (QED) is 0.528. The Morgan fingerprint density at radius 2 is 2.00 bits per heavy atom. The molecular formula is C19H15N7O3. The number of nitrogens with zero attached hydrogens (tertiary/aromatic N) is 6. The van der Waals surface area contributed by atoms with Crippen molar-refractivity contribution in [1.29, 1.82) is 0 Å². The minimum Gasteiger partial charge on any atom is -0.439 e. The minimum absolute atomic E-state index is 0.0539. The van der Waals surface area contributed by atoms with E-state index in [4.69, 9.17) is 4.42 Å². The van der Waals surface area contributed by atoms with Crippen molar-refractivity contribution in [2.75, 3.05) is 0 Å². The molecule has 1 fully saturated rings.